The van der Waals surface area contributed by atoms with Crippen molar-refractivity contribution < 1.29 is 0 Å². The second-order valence-corrected chi connectivity index (χ2v) is 25.3. The Morgan fingerprint density at radius 1 is 0.369 bits per heavy atom. The lowest BCUT2D eigenvalue weighted by atomic mass is 9.69. The summed E-state index contributed by atoms with van der Waals surface area (Å²) in [5.74, 6) is 0.959. The maximum absolute atomic E-state index is 2.48. The second-order valence-electron chi connectivity index (χ2n) is 19.4. The SMILES string of the molecule is Cc1cc(C2=C(c3cc(C)sc3C)CC(c3ccc(CC4(Cc5ccc(C6CC(c7cc(C)sc7C)=C(c7cc(C)sc7C)C6)cc5)c5ccccc5-c5ccccc54)cc3)C2)c(C)s1. The number of aryl methyl sites for hydroxylation is 8. The summed E-state index contributed by atoms with van der Waals surface area (Å²) in [7, 11) is 0. The summed E-state index contributed by atoms with van der Waals surface area (Å²) in [5.41, 5.74) is 23.4. The molecular formula is C61H58S4. The molecule has 4 aromatic carbocycles. The van der Waals surface area contributed by atoms with Crippen molar-refractivity contribution in [1.82, 2.24) is 0 Å². The van der Waals surface area contributed by atoms with Gasteiger partial charge in [0.15, 0.2) is 0 Å². The Morgan fingerprint density at radius 2 is 0.662 bits per heavy atom. The van der Waals surface area contributed by atoms with Gasteiger partial charge in [-0.15, -0.1) is 45.3 Å². The van der Waals surface area contributed by atoms with E-state index < -0.39 is 0 Å². The molecule has 0 amide bonds. The largest absolute Gasteiger partial charge is 0.145 e. The molecular weight excluding hydrogens is 861 g/mol. The van der Waals surface area contributed by atoms with Crippen LogP contribution in [-0.2, 0) is 18.3 Å². The van der Waals surface area contributed by atoms with E-state index >= 15 is 0 Å². The van der Waals surface area contributed by atoms with Gasteiger partial charge in [-0.3, -0.25) is 0 Å². The Hall–Kier alpha value is -4.84. The average molecular weight is 919 g/mol. The molecule has 65 heavy (non-hydrogen) atoms. The molecule has 11 rings (SSSR count). The number of benzene rings is 4. The molecule has 4 heterocycles. The summed E-state index contributed by atoms with van der Waals surface area (Å²) >= 11 is 7.76. The van der Waals surface area contributed by atoms with E-state index in [0.29, 0.717) is 11.8 Å². The van der Waals surface area contributed by atoms with E-state index in [0.717, 1.165) is 38.5 Å². The summed E-state index contributed by atoms with van der Waals surface area (Å²) in [6.07, 6.45) is 6.31. The van der Waals surface area contributed by atoms with E-state index in [4.69, 9.17) is 0 Å². The van der Waals surface area contributed by atoms with Crippen molar-refractivity contribution in [3.8, 4) is 11.1 Å². The van der Waals surface area contributed by atoms with Crippen LogP contribution < -0.4 is 0 Å². The van der Waals surface area contributed by atoms with Crippen LogP contribution in [0, 0.1) is 55.4 Å². The van der Waals surface area contributed by atoms with Crippen LogP contribution in [-0.4, -0.2) is 0 Å². The van der Waals surface area contributed by atoms with E-state index in [2.05, 4.69) is 177 Å². The normalized spacial score (nSPS) is 16.1. The third kappa shape index (κ3) is 7.63. The molecule has 0 atom stereocenters. The standard InChI is InChI=1S/C61H58S4/c1-35-25-51(39(5)62-35)55-29-47(30-56(55)52-26-36(2)63-40(52)6)45-21-17-43(18-22-45)33-61(59-15-11-9-13-49(59)50-14-10-12-16-60(50)61)34-44-19-23-46(24-20-44)48-31-57(53-27-37(3)64-41(53)7)58(32-48)54-28-38(4)65-42(54)8/h9-28,47-48H,29-34H2,1-8H3. The van der Waals surface area contributed by atoms with Crippen molar-refractivity contribution in [2.45, 2.75) is 111 Å². The molecule has 0 saturated carbocycles. The predicted molar refractivity (Wildman–Crippen MR) is 286 cm³/mol. The molecule has 0 unspecified atom stereocenters. The van der Waals surface area contributed by atoms with Crippen molar-refractivity contribution >= 4 is 67.6 Å². The van der Waals surface area contributed by atoms with Gasteiger partial charge in [0.1, 0.15) is 0 Å². The first-order valence-electron chi connectivity index (χ1n) is 23.5. The van der Waals surface area contributed by atoms with Crippen LogP contribution in [0.15, 0.2) is 121 Å². The number of rotatable bonds is 10. The summed E-state index contributed by atoms with van der Waals surface area (Å²) in [4.78, 5) is 11.4. The Morgan fingerprint density at radius 3 is 0.938 bits per heavy atom. The van der Waals surface area contributed by atoms with Crippen LogP contribution >= 0.6 is 45.3 Å². The minimum Gasteiger partial charge on any atom is -0.145 e. The van der Waals surface area contributed by atoms with Crippen LogP contribution in [0.1, 0.15) is 132 Å². The molecule has 326 valence electrons. The highest BCUT2D eigenvalue weighted by atomic mass is 32.1. The smallest absolute Gasteiger partial charge is 0.0295 e. The predicted octanol–water partition coefficient (Wildman–Crippen LogP) is 18.1. The summed E-state index contributed by atoms with van der Waals surface area (Å²) in [6.45, 7) is 18.3. The fourth-order valence-electron chi connectivity index (χ4n) is 12.3. The van der Waals surface area contributed by atoms with Gasteiger partial charge in [0, 0.05) is 44.4 Å². The van der Waals surface area contributed by atoms with Crippen LogP contribution in [0.5, 0.6) is 0 Å². The highest BCUT2D eigenvalue weighted by Crippen LogP contribution is 2.55. The molecule has 3 aliphatic carbocycles. The van der Waals surface area contributed by atoms with Gasteiger partial charge in [0.05, 0.1) is 0 Å². The van der Waals surface area contributed by atoms with Crippen molar-refractivity contribution in [1.29, 1.82) is 0 Å². The van der Waals surface area contributed by atoms with Gasteiger partial charge >= 0.3 is 0 Å². The number of allylic oxidation sites excluding steroid dienone is 4. The Labute approximate surface area is 403 Å². The molecule has 4 aromatic heterocycles. The van der Waals surface area contributed by atoms with E-state index in [1.165, 1.54) is 106 Å². The number of fused-ring (bicyclic) bond motifs is 3. The quantitative estimate of drug-likeness (QED) is 0.128. The van der Waals surface area contributed by atoms with Gasteiger partial charge in [0.25, 0.3) is 0 Å². The van der Waals surface area contributed by atoms with Crippen LogP contribution in [0.4, 0.5) is 0 Å². The molecule has 0 aliphatic heterocycles. The molecule has 0 fully saturated rings. The molecule has 0 N–H and O–H groups in total. The van der Waals surface area contributed by atoms with Crippen molar-refractivity contribution in [2.75, 3.05) is 0 Å². The third-order valence-electron chi connectivity index (χ3n) is 15.1. The van der Waals surface area contributed by atoms with Crippen molar-refractivity contribution in [2.24, 2.45) is 0 Å². The summed E-state index contributed by atoms with van der Waals surface area (Å²) in [5, 5.41) is 0. The lowest BCUT2D eigenvalue weighted by Gasteiger charge is -2.33. The number of hydrogen-bond donors (Lipinski definition) is 0. The first-order valence-corrected chi connectivity index (χ1v) is 26.8. The monoisotopic (exact) mass is 918 g/mol. The van der Waals surface area contributed by atoms with Crippen molar-refractivity contribution in [3.63, 3.8) is 0 Å². The van der Waals surface area contributed by atoms with E-state index in [-0.39, 0.29) is 5.41 Å². The average Bonchev–Trinajstić information content (AvgIpc) is 4.17. The first kappa shape index (κ1) is 42.8. The second kappa shape index (κ2) is 16.8. The van der Waals surface area contributed by atoms with Gasteiger partial charge in [-0.1, -0.05) is 97.1 Å². The highest BCUT2D eigenvalue weighted by molar-refractivity contribution is 7.13. The molecule has 0 radical (unpaired) electrons. The molecule has 0 bridgehead atoms. The zero-order chi connectivity index (χ0) is 44.7. The zero-order valence-electron chi connectivity index (χ0n) is 39.1. The fourth-order valence-corrected chi connectivity index (χ4v) is 16.1. The van der Waals surface area contributed by atoms with Gasteiger partial charge in [-0.05, 0) is 219 Å². The zero-order valence-corrected chi connectivity index (χ0v) is 42.3. The van der Waals surface area contributed by atoms with Gasteiger partial charge in [0.2, 0.25) is 0 Å². The van der Waals surface area contributed by atoms with Gasteiger partial charge < -0.3 is 0 Å². The molecule has 0 spiro atoms. The van der Waals surface area contributed by atoms with Crippen molar-refractivity contribution in [3.05, 3.63) is 216 Å². The molecule has 0 saturated heterocycles. The van der Waals surface area contributed by atoms with E-state index in [9.17, 15) is 0 Å². The fraction of sp³-hybridized carbons (Fsp3) is 0.279. The Kier molecular flexibility index (Phi) is 11.1. The number of hydrogen-bond acceptors (Lipinski definition) is 4. The van der Waals surface area contributed by atoms with E-state index in [1.807, 2.05) is 45.3 Å². The Bertz CT molecular complexity index is 2850. The third-order valence-corrected chi connectivity index (χ3v) is 18.9. The van der Waals surface area contributed by atoms with Gasteiger partial charge in [-0.2, -0.15) is 0 Å². The minimum absolute atomic E-state index is 0.175. The molecule has 8 aromatic rings. The molecule has 0 nitrogen and oxygen atoms in total. The summed E-state index contributed by atoms with van der Waals surface area (Å²) < 4.78 is 0. The minimum atomic E-state index is -0.175. The molecule has 4 heteroatoms. The lowest BCUT2D eigenvalue weighted by molar-refractivity contribution is 0.519. The Balaban J connectivity index is 0.899. The summed E-state index contributed by atoms with van der Waals surface area (Å²) in [6, 6.07) is 48.1. The van der Waals surface area contributed by atoms with Crippen LogP contribution in [0.25, 0.3) is 33.4 Å². The van der Waals surface area contributed by atoms with Gasteiger partial charge in [-0.25, -0.2) is 0 Å². The van der Waals surface area contributed by atoms with Crippen LogP contribution in [0.2, 0.25) is 0 Å². The topological polar surface area (TPSA) is 0 Å². The maximum Gasteiger partial charge on any atom is 0.0295 e. The first-order chi connectivity index (χ1) is 31.4. The highest BCUT2D eigenvalue weighted by Gasteiger charge is 2.43. The number of thiophene rings is 4. The molecule has 3 aliphatic rings. The maximum atomic E-state index is 2.48. The van der Waals surface area contributed by atoms with Crippen LogP contribution in [0.3, 0.4) is 0 Å². The van der Waals surface area contributed by atoms with E-state index in [1.54, 1.807) is 22.3 Å². The lowest BCUT2D eigenvalue weighted by Crippen LogP contribution is -2.31.